The molecule has 6 rings (SSSR count). The molecular weight excluding hydrogens is 599 g/mol. The predicted octanol–water partition coefficient (Wildman–Crippen LogP) is 5.74. The Labute approximate surface area is 258 Å². The molecule has 13 heteroatoms. The smallest absolute Gasteiger partial charge is 0.411 e. The third kappa shape index (κ3) is 6.19. The van der Waals surface area contributed by atoms with Crippen LogP contribution >= 0.6 is 11.6 Å². The first-order chi connectivity index (χ1) is 20.8. The van der Waals surface area contributed by atoms with Crippen LogP contribution in [0.4, 0.5) is 29.5 Å². The highest BCUT2D eigenvalue weighted by Crippen LogP contribution is 2.39. The maximum Gasteiger partial charge on any atom is 0.411 e. The molecule has 4 heterocycles. The van der Waals surface area contributed by atoms with E-state index < -0.39 is 43.0 Å². The lowest BCUT2D eigenvalue weighted by molar-refractivity contribution is -0.139. The molecule has 3 aliphatic heterocycles. The largest absolute Gasteiger partial charge is 0.463 e. The van der Waals surface area contributed by atoms with Crippen molar-refractivity contribution in [3.8, 4) is 6.01 Å². The number of benzene rings is 2. The zero-order valence-electron chi connectivity index (χ0n) is 24.8. The van der Waals surface area contributed by atoms with Gasteiger partial charge in [0.25, 0.3) is 0 Å². The number of nitrogens with zero attached hydrogens (tertiary/aromatic N) is 5. The van der Waals surface area contributed by atoms with Crippen LogP contribution in [0.15, 0.2) is 36.4 Å². The zero-order valence-corrected chi connectivity index (χ0v) is 25.5. The lowest BCUT2D eigenvalue weighted by Crippen LogP contribution is -2.58. The van der Waals surface area contributed by atoms with Gasteiger partial charge >= 0.3 is 18.3 Å². The number of ether oxygens (including phenoxy) is 2. The summed E-state index contributed by atoms with van der Waals surface area (Å²) < 4.78 is 49.9. The highest BCUT2D eigenvalue weighted by Gasteiger charge is 2.50. The SMILES string of the molecule is CC(C)(C)OC(=O)N1[C@@H]2C[C@@H](O)[C@H]1CN(c1nc(OCCC(F)(F)F)nc3c1CCN(c1cccc4cccc(Cl)c14)C3)C2. The zero-order chi connectivity index (χ0) is 31.4. The van der Waals surface area contributed by atoms with Gasteiger partial charge in [0.2, 0.25) is 0 Å². The summed E-state index contributed by atoms with van der Waals surface area (Å²) in [7, 11) is 0. The average Bonchev–Trinajstić information content (AvgIpc) is 3.14. The summed E-state index contributed by atoms with van der Waals surface area (Å²) in [5.74, 6) is 0.556. The Balaban J connectivity index is 1.32. The molecule has 2 saturated heterocycles. The summed E-state index contributed by atoms with van der Waals surface area (Å²) in [6, 6.07) is 10.7. The Morgan fingerprint density at radius 1 is 1.09 bits per heavy atom. The van der Waals surface area contributed by atoms with Crippen LogP contribution in [0.1, 0.15) is 44.9 Å². The van der Waals surface area contributed by atoms with E-state index in [1.807, 2.05) is 41.3 Å². The second kappa shape index (κ2) is 11.4. The van der Waals surface area contributed by atoms with Gasteiger partial charge < -0.3 is 24.4 Å². The Kier molecular flexibility index (Phi) is 7.94. The van der Waals surface area contributed by atoms with Crippen LogP contribution in [0, 0.1) is 0 Å². The molecule has 2 fully saturated rings. The van der Waals surface area contributed by atoms with Crippen LogP contribution in [-0.4, -0.2) is 82.3 Å². The van der Waals surface area contributed by atoms with E-state index in [9.17, 15) is 23.1 Å². The first-order valence-electron chi connectivity index (χ1n) is 14.7. The van der Waals surface area contributed by atoms with Crippen LogP contribution in [0.5, 0.6) is 6.01 Å². The number of halogens is 4. The van der Waals surface area contributed by atoms with Gasteiger partial charge in [-0.3, -0.25) is 4.90 Å². The van der Waals surface area contributed by atoms with Gasteiger partial charge in [0, 0.05) is 36.3 Å². The van der Waals surface area contributed by atoms with Gasteiger partial charge in [0.05, 0.1) is 41.9 Å². The second-order valence-corrected chi connectivity index (χ2v) is 13.0. The number of alkyl halides is 3. The van der Waals surface area contributed by atoms with Gasteiger partial charge in [-0.2, -0.15) is 23.1 Å². The Bertz CT molecular complexity index is 1560. The molecule has 1 aromatic heterocycles. The second-order valence-electron chi connectivity index (χ2n) is 12.6. The van der Waals surface area contributed by atoms with E-state index in [4.69, 9.17) is 21.1 Å². The van der Waals surface area contributed by atoms with Crippen molar-refractivity contribution >= 4 is 40.0 Å². The number of aliphatic hydroxyl groups is 1. The molecule has 0 spiro atoms. The van der Waals surface area contributed by atoms with Crippen molar-refractivity contribution in [2.45, 2.75) is 76.5 Å². The number of carbonyl (C=O) groups excluding carboxylic acids is 1. The fourth-order valence-corrected chi connectivity index (χ4v) is 6.70. The number of aromatic nitrogens is 2. The number of hydrogen-bond donors (Lipinski definition) is 1. The lowest BCUT2D eigenvalue weighted by atomic mass is 10.0. The van der Waals surface area contributed by atoms with Crippen molar-refractivity contribution in [2.24, 2.45) is 0 Å². The Morgan fingerprint density at radius 3 is 2.55 bits per heavy atom. The maximum atomic E-state index is 13.1. The Hall–Kier alpha value is -3.51. The van der Waals surface area contributed by atoms with Crippen molar-refractivity contribution in [1.29, 1.82) is 0 Å². The van der Waals surface area contributed by atoms with Crippen LogP contribution in [0.25, 0.3) is 10.8 Å². The number of aliphatic hydroxyl groups excluding tert-OH is 1. The van der Waals surface area contributed by atoms with Crippen LogP contribution in [-0.2, 0) is 17.7 Å². The molecule has 1 amide bonds. The fourth-order valence-electron chi connectivity index (χ4n) is 6.42. The van der Waals surface area contributed by atoms with Crippen molar-refractivity contribution < 1.29 is 32.5 Å². The summed E-state index contributed by atoms with van der Waals surface area (Å²) in [5.41, 5.74) is 1.77. The minimum absolute atomic E-state index is 0.136. The maximum absolute atomic E-state index is 13.1. The van der Waals surface area contributed by atoms with E-state index >= 15 is 0 Å². The van der Waals surface area contributed by atoms with Crippen LogP contribution in [0.3, 0.4) is 0 Å². The molecule has 1 N–H and O–H groups in total. The number of amides is 1. The molecule has 236 valence electrons. The molecule has 2 bridgehead atoms. The van der Waals surface area contributed by atoms with Gasteiger partial charge in [0.1, 0.15) is 18.0 Å². The number of piperazine rings is 1. The van der Waals surface area contributed by atoms with Crippen molar-refractivity contribution in [3.05, 3.63) is 52.7 Å². The van der Waals surface area contributed by atoms with E-state index in [2.05, 4.69) is 14.9 Å². The van der Waals surface area contributed by atoms with E-state index in [-0.39, 0.29) is 18.6 Å². The van der Waals surface area contributed by atoms with Crippen LogP contribution < -0.4 is 14.5 Å². The number of fused-ring (bicyclic) bond motifs is 4. The van der Waals surface area contributed by atoms with Gasteiger partial charge in [-0.25, -0.2) is 4.79 Å². The molecule has 3 atom stereocenters. The quantitative estimate of drug-likeness (QED) is 0.381. The topological polar surface area (TPSA) is 91.3 Å². The molecule has 44 heavy (non-hydrogen) atoms. The number of anilines is 2. The van der Waals surface area contributed by atoms with Crippen molar-refractivity contribution in [1.82, 2.24) is 14.9 Å². The standard InChI is InChI=1S/C31H35ClF3N5O4/c1-30(2,3)44-29(42)40-19-14-25(41)24(40)17-39(15-19)27-20-10-12-38(23-9-5-7-18-6-4-8-21(32)26(18)23)16-22(20)36-28(37-27)43-13-11-31(33,34)35/h4-9,19,24-25,41H,10-17H2,1-3H3/t19-,24-,25-/m1/s1. The minimum Gasteiger partial charge on any atom is -0.463 e. The number of carbonyl (C=O) groups is 1. The van der Waals surface area contributed by atoms with E-state index in [0.29, 0.717) is 49.0 Å². The summed E-state index contributed by atoms with van der Waals surface area (Å²) in [6.07, 6.45) is -5.78. The normalized spacial score (nSPS) is 21.9. The predicted molar refractivity (Wildman–Crippen MR) is 160 cm³/mol. The van der Waals surface area contributed by atoms with E-state index in [0.717, 1.165) is 22.0 Å². The molecule has 0 aliphatic carbocycles. The molecule has 0 radical (unpaired) electrons. The lowest BCUT2D eigenvalue weighted by Gasteiger charge is -2.43. The third-order valence-corrected chi connectivity index (χ3v) is 8.58. The van der Waals surface area contributed by atoms with Crippen molar-refractivity contribution in [2.75, 3.05) is 36.0 Å². The Morgan fingerprint density at radius 2 is 1.84 bits per heavy atom. The minimum atomic E-state index is -4.38. The molecule has 0 saturated carbocycles. The van der Waals surface area contributed by atoms with Crippen LogP contribution in [0.2, 0.25) is 5.02 Å². The molecular formula is C31H35ClF3N5O4. The highest BCUT2D eigenvalue weighted by atomic mass is 35.5. The van der Waals surface area contributed by atoms with E-state index in [1.54, 1.807) is 25.7 Å². The number of rotatable bonds is 5. The van der Waals surface area contributed by atoms with Gasteiger partial charge in [-0.1, -0.05) is 35.9 Å². The van der Waals surface area contributed by atoms with Gasteiger partial charge in [-0.15, -0.1) is 0 Å². The molecule has 3 aromatic rings. The third-order valence-electron chi connectivity index (χ3n) is 8.26. The van der Waals surface area contributed by atoms with Crippen molar-refractivity contribution in [3.63, 3.8) is 0 Å². The molecule has 3 aliphatic rings. The van der Waals surface area contributed by atoms with E-state index in [1.165, 1.54) is 0 Å². The van der Waals surface area contributed by atoms with Gasteiger partial charge in [-0.05, 0) is 51.1 Å². The first-order valence-corrected chi connectivity index (χ1v) is 15.1. The highest BCUT2D eigenvalue weighted by molar-refractivity contribution is 6.36. The summed E-state index contributed by atoms with van der Waals surface area (Å²) in [4.78, 5) is 28.0. The molecule has 9 nitrogen and oxygen atoms in total. The average molecular weight is 634 g/mol. The molecule has 0 unspecified atom stereocenters. The summed E-state index contributed by atoms with van der Waals surface area (Å²) in [6.45, 7) is 6.44. The number of hydrogen-bond acceptors (Lipinski definition) is 8. The monoisotopic (exact) mass is 633 g/mol. The first kappa shape index (κ1) is 30.5. The summed E-state index contributed by atoms with van der Waals surface area (Å²) in [5, 5.41) is 13.4. The van der Waals surface area contributed by atoms with Gasteiger partial charge in [0.15, 0.2) is 0 Å². The fraction of sp³-hybridized carbons (Fsp3) is 0.516. The summed E-state index contributed by atoms with van der Waals surface area (Å²) >= 11 is 6.61. The molecule has 2 aromatic carbocycles.